The molecule has 6 nitrogen and oxygen atoms in total. The van der Waals surface area contributed by atoms with E-state index in [4.69, 9.17) is 4.74 Å². The summed E-state index contributed by atoms with van der Waals surface area (Å²) in [5.74, 6) is -1.03. The largest absolute Gasteiger partial charge is 0.454 e. The number of nitrogens with zero attached hydrogens (tertiary/aromatic N) is 1. The highest BCUT2D eigenvalue weighted by Gasteiger charge is 2.67. The molecule has 0 spiro atoms. The number of imide groups is 1. The summed E-state index contributed by atoms with van der Waals surface area (Å²) in [4.78, 5) is 53.3. The third-order valence-corrected chi connectivity index (χ3v) is 8.06. The second kappa shape index (κ2) is 7.48. The van der Waals surface area contributed by atoms with Crippen LogP contribution < -0.4 is 4.90 Å². The van der Waals surface area contributed by atoms with E-state index in [0.29, 0.717) is 17.4 Å². The Labute approximate surface area is 198 Å². The van der Waals surface area contributed by atoms with Gasteiger partial charge in [0.05, 0.1) is 23.1 Å². The van der Waals surface area contributed by atoms with Gasteiger partial charge in [-0.2, -0.15) is 0 Å². The zero-order valence-electron chi connectivity index (χ0n) is 17.5. The Balaban J connectivity index is 1.24. The summed E-state index contributed by atoms with van der Waals surface area (Å²) in [6.07, 6.45) is 5.32. The number of anilines is 1. The molecule has 3 fully saturated rings. The maximum atomic E-state index is 13.4. The van der Waals surface area contributed by atoms with Crippen molar-refractivity contribution in [1.29, 1.82) is 0 Å². The first-order valence-corrected chi connectivity index (χ1v) is 11.9. The van der Waals surface area contributed by atoms with Crippen LogP contribution in [0.15, 0.2) is 65.2 Å². The highest BCUT2D eigenvalue weighted by molar-refractivity contribution is 9.10. The molecular formula is C26H20BrNO5. The third-order valence-electron chi connectivity index (χ3n) is 7.53. The van der Waals surface area contributed by atoms with Gasteiger partial charge < -0.3 is 4.74 Å². The molecule has 2 bridgehead atoms. The molecule has 5 aliphatic rings. The molecule has 1 aliphatic heterocycles. The molecule has 1 heterocycles. The fourth-order valence-electron chi connectivity index (χ4n) is 5.96. The second-order valence-electron chi connectivity index (χ2n) is 9.19. The predicted molar refractivity (Wildman–Crippen MR) is 122 cm³/mol. The lowest BCUT2D eigenvalue weighted by Gasteiger charge is -2.37. The van der Waals surface area contributed by atoms with Crippen LogP contribution in [-0.2, 0) is 14.3 Å². The monoisotopic (exact) mass is 505 g/mol. The van der Waals surface area contributed by atoms with Gasteiger partial charge in [-0.15, -0.1) is 0 Å². The minimum absolute atomic E-state index is 0.104. The molecule has 7 rings (SSSR count). The third kappa shape index (κ3) is 3.13. The van der Waals surface area contributed by atoms with Crippen LogP contribution in [0.4, 0.5) is 5.69 Å². The van der Waals surface area contributed by atoms with Crippen molar-refractivity contribution >= 4 is 45.2 Å². The van der Waals surface area contributed by atoms with Crippen LogP contribution in [0.5, 0.6) is 0 Å². The van der Waals surface area contributed by atoms with Crippen LogP contribution >= 0.6 is 15.9 Å². The van der Waals surface area contributed by atoms with Crippen LogP contribution in [0.3, 0.4) is 0 Å². The highest BCUT2D eigenvalue weighted by atomic mass is 79.9. The first-order chi connectivity index (χ1) is 16.0. The number of carbonyl (C=O) groups is 4. The SMILES string of the molecule is O=C(COC(=O)c1ccccc1N1C(=O)[C@@H]2[C@H]3C=C[C@H]([C@H]4C[C@H]34)[C@@H]2C1=O)c1ccc(Br)cc1. The van der Waals surface area contributed by atoms with E-state index in [1.165, 1.54) is 11.0 Å². The number of carbonyl (C=O) groups excluding carboxylic acids is 4. The number of amides is 2. The molecular weight excluding hydrogens is 486 g/mol. The number of rotatable bonds is 5. The smallest absolute Gasteiger partial charge is 0.340 e. The van der Waals surface area contributed by atoms with Crippen molar-refractivity contribution in [3.63, 3.8) is 0 Å². The molecule has 1 saturated heterocycles. The van der Waals surface area contributed by atoms with Gasteiger partial charge in [-0.05, 0) is 54.4 Å². The molecule has 0 aromatic heterocycles. The number of allylic oxidation sites excluding steroid dienone is 2. The lowest BCUT2D eigenvalue weighted by molar-refractivity contribution is -0.124. The Morgan fingerprint density at radius 1 is 0.909 bits per heavy atom. The molecule has 2 amide bonds. The summed E-state index contributed by atoms with van der Waals surface area (Å²) in [5, 5.41) is 0. The Morgan fingerprint density at radius 2 is 1.52 bits per heavy atom. The topological polar surface area (TPSA) is 80.8 Å². The van der Waals surface area contributed by atoms with E-state index in [2.05, 4.69) is 28.1 Å². The van der Waals surface area contributed by atoms with Crippen LogP contribution in [0.25, 0.3) is 0 Å². The van der Waals surface area contributed by atoms with Crippen molar-refractivity contribution in [3.8, 4) is 0 Å². The number of ether oxygens (including phenoxy) is 1. The zero-order valence-corrected chi connectivity index (χ0v) is 19.1. The van der Waals surface area contributed by atoms with Gasteiger partial charge >= 0.3 is 5.97 Å². The van der Waals surface area contributed by atoms with Crippen molar-refractivity contribution in [2.45, 2.75) is 6.42 Å². The van der Waals surface area contributed by atoms with Gasteiger partial charge in [0.1, 0.15) is 0 Å². The van der Waals surface area contributed by atoms with E-state index in [9.17, 15) is 19.2 Å². The van der Waals surface area contributed by atoms with Gasteiger partial charge in [0.25, 0.3) is 0 Å². The molecule has 2 saturated carbocycles. The summed E-state index contributed by atoms with van der Waals surface area (Å²) < 4.78 is 6.12. The quantitative estimate of drug-likeness (QED) is 0.265. The first kappa shape index (κ1) is 20.5. The average molecular weight is 506 g/mol. The van der Waals surface area contributed by atoms with Crippen molar-refractivity contribution in [2.24, 2.45) is 35.5 Å². The van der Waals surface area contributed by atoms with Gasteiger partial charge in [0.2, 0.25) is 11.8 Å². The fourth-order valence-corrected chi connectivity index (χ4v) is 6.23. The fraction of sp³-hybridized carbons (Fsp3) is 0.308. The van der Waals surface area contributed by atoms with Crippen molar-refractivity contribution in [3.05, 3.63) is 76.3 Å². The summed E-state index contributed by atoms with van der Waals surface area (Å²) >= 11 is 3.32. The van der Waals surface area contributed by atoms with Crippen LogP contribution in [0.2, 0.25) is 0 Å². The predicted octanol–water partition coefficient (Wildman–Crippen LogP) is 4.05. The average Bonchev–Trinajstić information content (AvgIpc) is 3.61. The normalized spacial score (nSPS) is 30.8. The minimum Gasteiger partial charge on any atom is -0.454 e. The molecule has 4 aliphatic carbocycles. The lowest BCUT2D eigenvalue weighted by atomic mass is 9.63. The van der Waals surface area contributed by atoms with Crippen LogP contribution in [-0.4, -0.2) is 30.2 Å². The van der Waals surface area contributed by atoms with E-state index >= 15 is 0 Å². The van der Waals surface area contributed by atoms with E-state index < -0.39 is 12.6 Å². The molecule has 2 aromatic carbocycles. The Hall–Kier alpha value is -3.06. The van der Waals surface area contributed by atoms with Gasteiger partial charge in [-0.1, -0.05) is 52.3 Å². The number of esters is 1. The van der Waals surface area contributed by atoms with E-state index in [1.54, 1.807) is 42.5 Å². The summed E-state index contributed by atoms with van der Waals surface area (Å²) in [6.45, 7) is -0.431. The summed E-state index contributed by atoms with van der Waals surface area (Å²) in [6, 6.07) is 13.2. The number of halogens is 1. The minimum atomic E-state index is -0.740. The van der Waals surface area contributed by atoms with Gasteiger partial charge in [0, 0.05) is 10.0 Å². The molecule has 7 heteroatoms. The molecule has 0 unspecified atom stereocenters. The lowest BCUT2D eigenvalue weighted by Crippen LogP contribution is -2.40. The van der Waals surface area contributed by atoms with Gasteiger partial charge in [-0.3, -0.25) is 14.4 Å². The molecule has 0 radical (unpaired) electrons. The second-order valence-corrected chi connectivity index (χ2v) is 10.1. The molecule has 0 N–H and O–H groups in total. The molecule has 166 valence electrons. The number of benzene rings is 2. The van der Waals surface area contributed by atoms with Crippen molar-refractivity contribution in [2.75, 3.05) is 11.5 Å². The van der Waals surface area contributed by atoms with E-state index in [1.807, 2.05) is 0 Å². The number of Topliss-reactive ketones (excluding diaryl/α,β-unsaturated/α-hetero) is 1. The molecule has 2 aromatic rings. The van der Waals surface area contributed by atoms with E-state index in [0.717, 1.165) is 10.9 Å². The number of para-hydroxylation sites is 1. The van der Waals surface area contributed by atoms with E-state index in [-0.39, 0.29) is 52.5 Å². The van der Waals surface area contributed by atoms with Crippen molar-refractivity contribution < 1.29 is 23.9 Å². The molecule has 33 heavy (non-hydrogen) atoms. The van der Waals surface area contributed by atoms with Gasteiger partial charge in [0.15, 0.2) is 12.4 Å². The van der Waals surface area contributed by atoms with Crippen LogP contribution in [0.1, 0.15) is 27.1 Å². The maximum Gasteiger partial charge on any atom is 0.340 e. The Kier molecular flexibility index (Phi) is 4.66. The number of ketones is 1. The number of hydrogen-bond donors (Lipinski definition) is 0. The Bertz CT molecular complexity index is 1200. The van der Waals surface area contributed by atoms with Gasteiger partial charge in [-0.25, -0.2) is 9.69 Å². The summed E-state index contributed by atoms with van der Waals surface area (Å²) in [7, 11) is 0. The Morgan fingerprint density at radius 3 is 2.15 bits per heavy atom. The zero-order chi connectivity index (χ0) is 22.9. The molecule has 6 atom stereocenters. The highest BCUT2D eigenvalue weighted by Crippen LogP contribution is 2.65. The van der Waals surface area contributed by atoms with Crippen LogP contribution in [0, 0.1) is 35.5 Å². The van der Waals surface area contributed by atoms with Crippen molar-refractivity contribution in [1.82, 2.24) is 0 Å². The number of hydrogen-bond acceptors (Lipinski definition) is 5. The summed E-state index contributed by atoms with van der Waals surface area (Å²) in [5.41, 5.74) is 0.762. The standard InChI is InChI=1S/C26H20BrNO5/c27-14-7-5-13(6-8-14)21(29)12-33-26(32)17-3-1-2-4-20(17)28-24(30)22-15-9-10-16(19-11-18(15)19)23(22)25(28)31/h1-10,15-16,18-19,22-23H,11-12H2/t15-,16+,18-,19-,22+,23-/m1/s1. The first-order valence-electron chi connectivity index (χ1n) is 11.1. The maximum absolute atomic E-state index is 13.4.